The van der Waals surface area contributed by atoms with Crippen molar-refractivity contribution >= 4 is 10.0 Å². The van der Waals surface area contributed by atoms with Gasteiger partial charge in [0.2, 0.25) is 10.0 Å². The van der Waals surface area contributed by atoms with E-state index < -0.39 is 16.3 Å². The summed E-state index contributed by atoms with van der Waals surface area (Å²) in [6.07, 6.45) is -0.133. The molecule has 0 radical (unpaired) electrons. The molecule has 1 saturated heterocycles. The molecule has 1 N–H and O–H groups in total. The van der Waals surface area contributed by atoms with Gasteiger partial charge in [0.25, 0.3) is 0 Å². The lowest BCUT2D eigenvalue weighted by atomic mass is 10.1. The van der Waals surface area contributed by atoms with Gasteiger partial charge in [0, 0.05) is 13.0 Å². The molecule has 5 nitrogen and oxygen atoms in total. The highest BCUT2D eigenvalue weighted by Crippen LogP contribution is 2.24. The quantitative estimate of drug-likeness (QED) is 0.908. The molecule has 3 rings (SSSR count). The molecule has 0 aliphatic carbocycles. The third-order valence-electron chi connectivity index (χ3n) is 4.43. The number of aryl methyl sites for hydroxylation is 1. The van der Waals surface area contributed by atoms with Gasteiger partial charge in [-0.3, -0.25) is 0 Å². The van der Waals surface area contributed by atoms with Crippen LogP contribution in [0.5, 0.6) is 0 Å². The van der Waals surface area contributed by atoms with Crippen LogP contribution >= 0.6 is 0 Å². The zero-order valence-electron chi connectivity index (χ0n) is 14.2. The standard InChI is InChI=1S/C19H23NO4S/c1-15-7-9-18(10-8-15)25(22,23)20-12-11-19(21)24-14-17(20)13-16-5-3-2-4-6-16/h2-10,17,19,21H,11-14H2,1H3/t17-,19?/m0/s1. The van der Waals surface area contributed by atoms with Crippen LogP contribution in [0.3, 0.4) is 0 Å². The lowest BCUT2D eigenvalue weighted by Gasteiger charge is -2.28. The molecule has 1 fully saturated rings. The Kier molecular flexibility index (Phi) is 5.54. The van der Waals surface area contributed by atoms with Gasteiger partial charge in [-0.25, -0.2) is 8.42 Å². The van der Waals surface area contributed by atoms with Gasteiger partial charge in [-0.15, -0.1) is 0 Å². The van der Waals surface area contributed by atoms with Gasteiger partial charge in [-0.2, -0.15) is 4.31 Å². The van der Waals surface area contributed by atoms with Crippen molar-refractivity contribution in [1.82, 2.24) is 4.31 Å². The zero-order chi connectivity index (χ0) is 17.9. The third-order valence-corrected chi connectivity index (χ3v) is 6.39. The van der Waals surface area contributed by atoms with E-state index in [4.69, 9.17) is 4.74 Å². The summed E-state index contributed by atoms with van der Waals surface area (Å²) in [7, 11) is -3.65. The summed E-state index contributed by atoms with van der Waals surface area (Å²) >= 11 is 0. The van der Waals surface area contributed by atoms with Crippen LogP contribution in [0.2, 0.25) is 0 Å². The number of sulfonamides is 1. The summed E-state index contributed by atoms with van der Waals surface area (Å²) in [5, 5.41) is 9.82. The molecule has 6 heteroatoms. The molecular weight excluding hydrogens is 338 g/mol. The Hall–Kier alpha value is -1.73. The van der Waals surface area contributed by atoms with Crippen LogP contribution in [-0.2, 0) is 21.2 Å². The first-order valence-corrected chi connectivity index (χ1v) is 9.83. The van der Waals surface area contributed by atoms with Crippen LogP contribution in [0.4, 0.5) is 0 Å². The van der Waals surface area contributed by atoms with Crippen LogP contribution in [0.15, 0.2) is 59.5 Å². The predicted molar refractivity (Wildman–Crippen MR) is 95.6 cm³/mol. The van der Waals surface area contributed by atoms with Crippen molar-refractivity contribution in [3.8, 4) is 0 Å². The summed E-state index contributed by atoms with van der Waals surface area (Å²) in [5.41, 5.74) is 2.05. The largest absolute Gasteiger partial charge is 0.368 e. The molecule has 2 atom stereocenters. The molecule has 0 saturated carbocycles. The van der Waals surface area contributed by atoms with E-state index in [-0.39, 0.29) is 30.5 Å². The van der Waals surface area contributed by atoms with Crippen molar-refractivity contribution in [2.75, 3.05) is 13.2 Å². The second-order valence-electron chi connectivity index (χ2n) is 6.35. The molecule has 25 heavy (non-hydrogen) atoms. The van der Waals surface area contributed by atoms with Crippen molar-refractivity contribution in [2.45, 2.75) is 37.0 Å². The molecular formula is C19H23NO4S. The molecule has 0 aromatic heterocycles. The van der Waals surface area contributed by atoms with Crippen molar-refractivity contribution in [1.29, 1.82) is 0 Å². The number of aliphatic hydroxyl groups is 1. The summed E-state index contributed by atoms with van der Waals surface area (Å²) in [6, 6.07) is 16.2. The number of nitrogens with zero attached hydrogens (tertiary/aromatic N) is 1. The van der Waals surface area contributed by atoms with Crippen LogP contribution < -0.4 is 0 Å². The maximum atomic E-state index is 13.1. The van der Waals surface area contributed by atoms with E-state index in [1.165, 1.54) is 4.31 Å². The minimum absolute atomic E-state index is 0.168. The fourth-order valence-corrected chi connectivity index (χ4v) is 4.64. The normalized spacial score (nSPS) is 22.5. The van der Waals surface area contributed by atoms with Gasteiger partial charge in [0.15, 0.2) is 6.29 Å². The zero-order valence-corrected chi connectivity index (χ0v) is 15.0. The summed E-state index contributed by atoms with van der Waals surface area (Å²) < 4.78 is 33.2. The topological polar surface area (TPSA) is 66.8 Å². The minimum Gasteiger partial charge on any atom is -0.368 e. The smallest absolute Gasteiger partial charge is 0.243 e. The van der Waals surface area contributed by atoms with Crippen molar-refractivity contribution in [2.24, 2.45) is 0 Å². The number of aliphatic hydroxyl groups excluding tert-OH is 1. The van der Waals surface area contributed by atoms with Crippen LogP contribution in [-0.4, -0.2) is 43.3 Å². The molecule has 0 bridgehead atoms. The first-order chi connectivity index (χ1) is 12.0. The van der Waals surface area contributed by atoms with E-state index >= 15 is 0 Å². The maximum Gasteiger partial charge on any atom is 0.243 e. The molecule has 0 amide bonds. The number of rotatable bonds is 4. The van der Waals surface area contributed by atoms with Crippen LogP contribution in [0.1, 0.15) is 17.5 Å². The van der Waals surface area contributed by atoms with Gasteiger partial charge in [-0.1, -0.05) is 48.0 Å². The monoisotopic (exact) mass is 361 g/mol. The molecule has 1 unspecified atom stereocenters. The van der Waals surface area contributed by atoms with Gasteiger partial charge in [0.05, 0.1) is 17.5 Å². The van der Waals surface area contributed by atoms with Gasteiger partial charge in [0.1, 0.15) is 0 Å². The van der Waals surface area contributed by atoms with Crippen molar-refractivity contribution in [3.63, 3.8) is 0 Å². The Bertz CT molecular complexity index is 790. The van der Waals surface area contributed by atoms with E-state index in [0.717, 1.165) is 11.1 Å². The number of hydrogen-bond acceptors (Lipinski definition) is 4. The predicted octanol–water partition coefficient (Wildman–Crippen LogP) is 2.34. The Labute approximate surface area is 148 Å². The summed E-state index contributed by atoms with van der Waals surface area (Å²) in [5.74, 6) is 0. The van der Waals surface area contributed by atoms with Crippen molar-refractivity contribution < 1.29 is 18.3 Å². The number of benzene rings is 2. The van der Waals surface area contributed by atoms with Gasteiger partial charge in [-0.05, 0) is 31.0 Å². The van der Waals surface area contributed by atoms with Crippen molar-refractivity contribution in [3.05, 3.63) is 65.7 Å². The maximum absolute atomic E-state index is 13.1. The molecule has 134 valence electrons. The molecule has 1 aliphatic heterocycles. The van der Waals surface area contributed by atoms with Crippen LogP contribution in [0, 0.1) is 6.92 Å². The fraction of sp³-hybridized carbons (Fsp3) is 0.368. The second-order valence-corrected chi connectivity index (χ2v) is 8.24. The Balaban J connectivity index is 1.92. The Morgan fingerprint density at radius 3 is 2.48 bits per heavy atom. The Morgan fingerprint density at radius 2 is 1.80 bits per heavy atom. The average Bonchev–Trinajstić information content (AvgIpc) is 2.78. The van der Waals surface area contributed by atoms with E-state index in [9.17, 15) is 13.5 Å². The highest BCUT2D eigenvalue weighted by atomic mass is 32.2. The number of hydrogen-bond donors (Lipinski definition) is 1. The van der Waals surface area contributed by atoms with Gasteiger partial charge < -0.3 is 9.84 Å². The van der Waals surface area contributed by atoms with Gasteiger partial charge >= 0.3 is 0 Å². The lowest BCUT2D eigenvalue weighted by molar-refractivity contribution is -0.0972. The third kappa shape index (κ3) is 4.27. The van der Waals surface area contributed by atoms with E-state index in [0.29, 0.717) is 6.42 Å². The minimum atomic E-state index is -3.65. The highest BCUT2D eigenvalue weighted by molar-refractivity contribution is 7.89. The first-order valence-electron chi connectivity index (χ1n) is 8.39. The lowest BCUT2D eigenvalue weighted by Crippen LogP contribution is -2.43. The van der Waals surface area contributed by atoms with E-state index in [1.807, 2.05) is 37.3 Å². The molecule has 2 aromatic rings. The highest BCUT2D eigenvalue weighted by Gasteiger charge is 2.34. The summed E-state index contributed by atoms with van der Waals surface area (Å²) in [4.78, 5) is 0.271. The molecule has 1 aliphatic rings. The number of ether oxygens (including phenoxy) is 1. The van der Waals surface area contributed by atoms with E-state index in [1.54, 1.807) is 24.3 Å². The Morgan fingerprint density at radius 1 is 1.12 bits per heavy atom. The molecule has 2 aromatic carbocycles. The molecule has 0 spiro atoms. The van der Waals surface area contributed by atoms with Crippen LogP contribution in [0.25, 0.3) is 0 Å². The SMILES string of the molecule is Cc1ccc(S(=O)(=O)N2CCC(O)OC[C@@H]2Cc2ccccc2)cc1. The fourth-order valence-electron chi connectivity index (χ4n) is 3.02. The van der Waals surface area contributed by atoms with E-state index in [2.05, 4.69) is 0 Å². The second kappa shape index (κ2) is 7.66. The summed E-state index contributed by atoms with van der Waals surface area (Å²) in [6.45, 7) is 2.32. The average molecular weight is 361 g/mol. The molecule has 1 heterocycles. The first kappa shape index (κ1) is 18.1.